The molecule has 7 heteroatoms. The number of rotatable bonds is 3. The number of hydrogen-bond acceptors (Lipinski definition) is 4. The van der Waals surface area contributed by atoms with Crippen LogP contribution in [0.3, 0.4) is 0 Å². The first kappa shape index (κ1) is 15.0. The molecule has 0 bridgehead atoms. The van der Waals surface area contributed by atoms with Crippen LogP contribution in [0.15, 0.2) is 42.9 Å². The Balaban J connectivity index is 1.81. The molecule has 0 spiro atoms. The molecule has 0 atom stereocenters. The SMILES string of the molecule is COc1ccc2c(c1)c(-c1cc3c(ncc4cnc(CN)n43)[nH]1)cn2C. The summed E-state index contributed by atoms with van der Waals surface area (Å²) in [6.07, 6.45) is 5.72. The lowest BCUT2D eigenvalue weighted by Gasteiger charge is -2.01. The molecule has 5 aromatic rings. The molecule has 0 aliphatic rings. The number of fused-ring (bicyclic) bond motifs is 4. The molecule has 26 heavy (non-hydrogen) atoms. The fourth-order valence-corrected chi connectivity index (χ4v) is 3.61. The van der Waals surface area contributed by atoms with E-state index in [1.54, 1.807) is 19.5 Å². The summed E-state index contributed by atoms with van der Waals surface area (Å²) in [5.41, 5.74) is 11.8. The standard InChI is InChI=1S/C19H18N6O/c1-24-10-14(13-5-12(26-2)3-4-16(13)24)15-6-17-19(23-15)22-9-11-8-21-18(7-20)25(11)17/h3-6,8-10,23H,7,20H2,1-2H3. The molecule has 0 unspecified atom stereocenters. The van der Waals surface area contributed by atoms with Crippen LogP contribution in [0, 0.1) is 0 Å². The Morgan fingerprint density at radius 3 is 2.81 bits per heavy atom. The molecule has 0 fully saturated rings. The van der Waals surface area contributed by atoms with Crippen molar-refractivity contribution in [2.24, 2.45) is 12.8 Å². The first-order chi connectivity index (χ1) is 12.7. The van der Waals surface area contributed by atoms with Gasteiger partial charge in [-0.25, -0.2) is 9.97 Å². The van der Waals surface area contributed by atoms with Gasteiger partial charge in [-0.05, 0) is 24.3 Å². The minimum atomic E-state index is 0.374. The Morgan fingerprint density at radius 1 is 1.15 bits per heavy atom. The molecule has 0 aliphatic carbocycles. The van der Waals surface area contributed by atoms with Gasteiger partial charge in [0.05, 0.1) is 42.8 Å². The van der Waals surface area contributed by atoms with Gasteiger partial charge in [0.15, 0.2) is 5.65 Å². The Morgan fingerprint density at radius 2 is 2.00 bits per heavy atom. The normalized spacial score (nSPS) is 11.8. The zero-order chi connectivity index (χ0) is 17.8. The monoisotopic (exact) mass is 346 g/mol. The second-order valence-corrected chi connectivity index (χ2v) is 6.35. The molecule has 0 aliphatic heterocycles. The second kappa shape index (κ2) is 5.34. The molecule has 1 aromatic carbocycles. The van der Waals surface area contributed by atoms with Crippen LogP contribution in [0.1, 0.15) is 5.82 Å². The predicted octanol–water partition coefficient (Wildman–Crippen LogP) is 2.84. The fraction of sp³-hybridized carbons (Fsp3) is 0.158. The zero-order valence-corrected chi connectivity index (χ0v) is 14.5. The van der Waals surface area contributed by atoms with Crippen molar-refractivity contribution in [1.29, 1.82) is 0 Å². The Labute approximate surface area is 149 Å². The molecule has 4 aromatic heterocycles. The maximum absolute atomic E-state index is 5.85. The van der Waals surface area contributed by atoms with Gasteiger partial charge in [0.1, 0.15) is 11.6 Å². The van der Waals surface area contributed by atoms with E-state index in [0.717, 1.165) is 50.4 Å². The van der Waals surface area contributed by atoms with E-state index >= 15 is 0 Å². The van der Waals surface area contributed by atoms with Crippen molar-refractivity contribution in [2.75, 3.05) is 7.11 Å². The van der Waals surface area contributed by atoms with E-state index in [2.05, 4.69) is 43.9 Å². The zero-order valence-electron chi connectivity index (χ0n) is 14.5. The molecule has 0 amide bonds. The van der Waals surface area contributed by atoms with E-state index in [4.69, 9.17) is 10.5 Å². The van der Waals surface area contributed by atoms with Crippen LogP contribution in [0.5, 0.6) is 5.75 Å². The van der Waals surface area contributed by atoms with Gasteiger partial charge in [0, 0.05) is 29.7 Å². The lowest BCUT2D eigenvalue weighted by molar-refractivity contribution is 0.415. The van der Waals surface area contributed by atoms with Gasteiger partial charge < -0.3 is 20.0 Å². The summed E-state index contributed by atoms with van der Waals surface area (Å²) in [5.74, 6) is 1.65. The average molecular weight is 346 g/mol. The predicted molar refractivity (Wildman–Crippen MR) is 101 cm³/mol. The number of H-pyrrole nitrogens is 1. The van der Waals surface area contributed by atoms with Crippen molar-refractivity contribution in [3.8, 4) is 17.0 Å². The third kappa shape index (κ3) is 1.98. The summed E-state index contributed by atoms with van der Waals surface area (Å²) < 4.78 is 9.56. The van der Waals surface area contributed by atoms with Crippen LogP contribution in [0.4, 0.5) is 0 Å². The Hall–Kier alpha value is -3.32. The number of methoxy groups -OCH3 is 1. The van der Waals surface area contributed by atoms with Crippen LogP contribution in [0.25, 0.3) is 38.8 Å². The lowest BCUT2D eigenvalue weighted by Crippen LogP contribution is -2.03. The second-order valence-electron chi connectivity index (χ2n) is 6.35. The third-order valence-corrected chi connectivity index (χ3v) is 4.88. The van der Waals surface area contributed by atoms with Gasteiger partial charge in [-0.2, -0.15) is 0 Å². The van der Waals surface area contributed by atoms with Gasteiger partial charge in [-0.15, -0.1) is 0 Å². The van der Waals surface area contributed by atoms with Gasteiger partial charge in [0.2, 0.25) is 0 Å². The van der Waals surface area contributed by atoms with E-state index in [9.17, 15) is 0 Å². The highest BCUT2D eigenvalue weighted by molar-refractivity contribution is 5.98. The van der Waals surface area contributed by atoms with Gasteiger partial charge in [-0.3, -0.25) is 4.40 Å². The van der Waals surface area contributed by atoms with E-state index in [1.807, 2.05) is 17.5 Å². The first-order valence-electron chi connectivity index (χ1n) is 8.37. The summed E-state index contributed by atoms with van der Waals surface area (Å²) >= 11 is 0. The van der Waals surface area contributed by atoms with Crippen molar-refractivity contribution >= 4 is 27.6 Å². The smallest absolute Gasteiger partial charge is 0.154 e. The van der Waals surface area contributed by atoms with Crippen molar-refractivity contribution < 1.29 is 4.74 Å². The Kier molecular flexibility index (Phi) is 3.07. The third-order valence-electron chi connectivity index (χ3n) is 4.88. The van der Waals surface area contributed by atoms with Crippen molar-refractivity contribution in [1.82, 2.24) is 23.9 Å². The molecule has 0 saturated heterocycles. The van der Waals surface area contributed by atoms with Gasteiger partial charge in [0.25, 0.3) is 0 Å². The van der Waals surface area contributed by atoms with Crippen molar-refractivity contribution in [2.45, 2.75) is 6.54 Å². The molecule has 130 valence electrons. The van der Waals surface area contributed by atoms with E-state index in [-0.39, 0.29) is 0 Å². The van der Waals surface area contributed by atoms with Gasteiger partial charge in [-0.1, -0.05) is 0 Å². The number of hydrogen-bond donors (Lipinski definition) is 2. The summed E-state index contributed by atoms with van der Waals surface area (Å²) in [6, 6.07) is 8.20. The maximum Gasteiger partial charge on any atom is 0.154 e. The number of aromatic amines is 1. The molecule has 0 radical (unpaired) electrons. The molecule has 5 rings (SSSR count). The summed E-state index contributed by atoms with van der Waals surface area (Å²) in [4.78, 5) is 12.4. The van der Waals surface area contributed by atoms with E-state index < -0.39 is 0 Å². The van der Waals surface area contributed by atoms with Crippen LogP contribution in [-0.4, -0.2) is 31.0 Å². The average Bonchev–Trinajstić information content (AvgIpc) is 3.35. The van der Waals surface area contributed by atoms with Crippen molar-refractivity contribution in [3.05, 3.63) is 48.7 Å². The number of benzene rings is 1. The van der Waals surface area contributed by atoms with Crippen LogP contribution in [0.2, 0.25) is 0 Å². The minimum Gasteiger partial charge on any atom is -0.497 e. The maximum atomic E-state index is 5.85. The number of imidazole rings is 1. The topological polar surface area (TPSA) is 86.2 Å². The minimum absolute atomic E-state index is 0.374. The highest BCUT2D eigenvalue weighted by atomic mass is 16.5. The van der Waals surface area contributed by atoms with Crippen LogP contribution >= 0.6 is 0 Å². The fourth-order valence-electron chi connectivity index (χ4n) is 3.61. The number of nitrogens with one attached hydrogen (secondary N) is 1. The molecular weight excluding hydrogens is 328 g/mol. The number of nitrogens with two attached hydrogens (primary N) is 1. The number of aryl methyl sites for hydroxylation is 1. The van der Waals surface area contributed by atoms with Crippen LogP contribution in [-0.2, 0) is 13.6 Å². The quantitative estimate of drug-likeness (QED) is 0.526. The van der Waals surface area contributed by atoms with E-state index in [0.29, 0.717) is 6.54 Å². The molecular formula is C19H18N6O. The lowest BCUT2D eigenvalue weighted by atomic mass is 10.1. The summed E-state index contributed by atoms with van der Waals surface area (Å²) in [6.45, 7) is 0.374. The first-order valence-corrected chi connectivity index (χ1v) is 8.37. The Bertz CT molecular complexity index is 1280. The molecule has 0 saturated carbocycles. The number of aromatic nitrogens is 5. The number of ether oxygens (including phenoxy) is 1. The molecule has 3 N–H and O–H groups in total. The molecule has 4 heterocycles. The highest BCUT2D eigenvalue weighted by Gasteiger charge is 2.15. The molecule has 7 nitrogen and oxygen atoms in total. The number of nitrogens with zero attached hydrogens (tertiary/aromatic N) is 4. The summed E-state index contributed by atoms with van der Waals surface area (Å²) in [7, 11) is 3.72. The highest BCUT2D eigenvalue weighted by Crippen LogP contribution is 2.33. The van der Waals surface area contributed by atoms with Gasteiger partial charge >= 0.3 is 0 Å². The van der Waals surface area contributed by atoms with Crippen LogP contribution < -0.4 is 10.5 Å². The largest absolute Gasteiger partial charge is 0.497 e. The van der Waals surface area contributed by atoms with E-state index in [1.165, 1.54) is 0 Å². The van der Waals surface area contributed by atoms with Crippen molar-refractivity contribution in [3.63, 3.8) is 0 Å². The summed E-state index contributed by atoms with van der Waals surface area (Å²) in [5, 5.41) is 1.12.